The normalized spacial score (nSPS) is 10.0. The van der Waals surface area contributed by atoms with Crippen LogP contribution in [0.4, 0.5) is 9.80 Å². The molecule has 94 valence electrons. The Morgan fingerprint density at radius 2 is 2.33 bits per heavy atom. The van der Waals surface area contributed by atoms with E-state index in [0.29, 0.717) is 5.82 Å². The number of rotatable bonds is 4. The summed E-state index contributed by atoms with van der Waals surface area (Å²) in [4.78, 5) is 26.0. The van der Waals surface area contributed by atoms with E-state index in [-0.39, 0.29) is 17.1 Å². The second kappa shape index (κ2) is 5.27. The second-order valence-corrected chi connectivity index (χ2v) is 4.04. The van der Waals surface area contributed by atoms with Gasteiger partial charge in [-0.2, -0.15) is 4.98 Å². The lowest BCUT2D eigenvalue weighted by molar-refractivity contribution is 0.0698. The van der Waals surface area contributed by atoms with Crippen LogP contribution >= 0.6 is 11.3 Å². The number of thiophene rings is 1. The molecule has 2 amide bonds. The number of carbonyl (C=O) groups excluding carboxylic acids is 1. The van der Waals surface area contributed by atoms with Crippen LogP contribution in [0.5, 0.6) is 0 Å². The first-order valence-electron chi connectivity index (χ1n) is 4.77. The first kappa shape index (κ1) is 12.0. The van der Waals surface area contributed by atoms with Gasteiger partial charge in [0.25, 0.3) is 0 Å². The van der Waals surface area contributed by atoms with Crippen molar-refractivity contribution in [1.82, 2.24) is 15.5 Å². The fourth-order valence-corrected chi connectivity index (χ4v) is 1.93. The van der Waals surface area contributed by atoms with Crippen molar-refractivity contribution in [1.29, 1.82) is 0 Å². The molecule has 2 aromatic rings. The van der Waals surface area contributed by atoms with Crippen LogP contribution in [-0.4, -0.2) is 27.2 Å². The Kier molecular flexibility index (Phi) is 3.53. The second-order valence-electron chi connectivity index (χ2n) is 3.12. The molecule has 0 aliphatic carbocycles. The zero-order valence-electron chi connectivity index (χ0n) is 8.91. The first-order valence-corrected chi connectivity index (χ1v) is 5.65. The number of carboxylic acids is 1. The van der Waals surface area contributed by atoms with Gasteiger partial charge in [0.2, 0.25) is 6.39 Å². The SMILES string of the molecule is O=C(NCc1ncon1)Nc1sccc1C(=O)O. The monoisotopic (exact) mass is 268 g/mol. The van der Waals surface area contributed by atoms with Crippen molar-refractivity contribution in [2.75, 3.05) is 5.32 Å². The maximum absolute atomic E-state index is 11.5. The van der Waals surface area contributed by atoms with E-state index >= 15 is 0 Å². The molecule has 0 saturated heterocycles. The third-order valence-corrected chi connectivity index (χ3v) is 2.77. The molecule has 2 aromatic heterocycles. The number of carboxylic acid groups (broad SMARTS) is 1. The number of carbonyl (C=O) groups is 2. The lowest BCUT2D eigenvalue weighted by atomic mass is 10.3. The minimum absolute atomic E-state index is 0.0507. The smallest absolute Gasteiger partial charge is 0.338 e. The van der Waals surface area contributed by atoms with Crippen LogP contribution in [0.25, 0.3) is 0 Å². The Labute approximate surface area is 105 Å². The largest absolute Gasteiger partial charge is 0.478 e. The van der Waals surface area contributed by atoms with E-state index < -0.39 is 12.0 Å². The van der Waals surface area contributed by atoms with Crippen LogP contribution in [-0.2, 0) is 6.54 Å². The number of hydrogen-bond donors (Lipinski definition) is 3. The third-order valence-electron chi connectivity index (χ3n) is 1.94. The topological polar surface area (TPSA) is 117 Å². The molecule has 8 nitrogen and oxygen atoms in total. The highest BCUT2D eigenvalue weighted by Gasteiger charge is 2.13. The van der Waals surface area contributed by atoms with Crippen LogP contribution in [0.15, 0.2) is 22.4 Å². The standard InChI is InChI=1S/C9H8N4O4S/c14-8(15)5-1-2-18-7(5)12-9(16)10-3-6-11-4-17-13-6/h1-2,4H,3H2,(H,14,15)(H2,10,12,16). The molecule has 0 atom stereocenters. The molecule has 0 unspecified atom stereocenters. The Morgan fingerprint density at radius 1 is 1.50 bits per heavy atom. The maximum atomic E-state index is 11.5. The van der Waals surface area contributed by atoms with Gasteiger partial charge in [0.15, 0.2) is 5.82 Å². The van der Waals surface area contributed by atoms with E-state index in [9.17, 15) is 9.59 Å². The molecule has 0 saturated carbocycles. The molecule has 0 aromatic carbocycles. The molecule has 0 spiro atoms. The zero-order valence-corrected chi connectivity index (χ0v) is 9.73. The van der Waals surface area contributed by atoms with Gasteiger partial charge < -0.3 is 14.9 Å². The fourth-order valence-electron chi connectivity index (χ4n) is 1.15. The Bertz CT molecular complexity index is 551. The van der Waals surface area contributed by atoms with Gasteiger partial charge in [0.1, 0.15) is 5.00 Å². The Hall–Kier alpha value is -2.42. The number of amides is 2. The fraction of sp³-hybridized carbons (Fsp3) is 0.111. The van der Waals surface area contributed by atoms with Crippen LogP contribution < -0.4 is 10.6 Å². The van der Waals surface area contributed by atoms with Crippen molar-refractivity contribution in [3.8, 4) is 0 Å². The van der Waals surface area contributed by atoms with Crippen LogP contribution in [0.2, 0.25) is 0 Å². The van der Waals surface area contributed by atoms with Crippen LogP contribution in [0.1, 0.15) is 16.2 Å². The highest BCUT2D eigenvalue weighted by atomic mass is 32.1. The average Bonchev–Trinajstić information content (AvgIpc) is 2.96. The molecule has 9 heteroatoms. The zero-order chi connectivity index (χ0) is 13.0. The predicted molar refractivity (Wildman–Crippen MR) is 61.4 cm³/mol. The predicted octanol–water partition coefficient (Wildman–Crippen LogP) is 1.15. The molecule has 18 heavy (non-hydrogen) atoms. The van der Waals surface area contributed by atoms with Gasteiger partial charge in [0.05, 0.1) is 12.1 Å². The van der Waals surface area contributed by atoms with Crippen LogP contribution in [0, 0.1) is 0 Å². The van der Waals surface area contributed by atoms with Gasteiger partial charge in [-0.1, -0.05) is 5.16 Å². The van der Waals surface area contributed by atoms with Gasteiger partial charge in [-0.3, -0.25) is 5.32 Å². The molecule has 0 bridgehead atoms. The lowest BCUT2D eigenvalue weighted by Crippen LogP contribution is -2.28. The molecular formula is C9H8N4O4S. The highest BCUT2D eigenvalue weighted by molar-refractivity contribution is 7.14. The number of aromatic carboxylic acids is 1. The van der Waals surface area contributed by atoms with E-state index in [2.05, 4.69) is 25.3 Å². The third kappa shape index (κ3) is 2.83. The summed E-state index contributed by atoms with van der Waals surface area (Å²) < 4.78 is 4.49. The van der Waals surface area contributed by atoms with Crippen molar-refractivity contribution in [2.24, 2.45) is 0 Å². The molecule has 2 heterocycles. The van der Waals surface area contributed by atoms with E-state index in [1.54, 1.807) is 5.38 Å². The van der Waals surface area contributed by atoms with Crippen molar-refractivity contribution < 1.29 is 19.2 Å². The van der Waals surface area contributed by atoms with Crippen molar-refractivity contribution >= 4 is 28.3 Å². The summed E-state index contributed by atoms with van der Waals surface area (Å²) in [6, 6.07) is 0.881. The van der Waals surface area contributed by atoms with E-state index in [0.717, 1.165) is 17.7 Å². The highest BCUT2D eigenvalue weighted by Crippen LogP contribution is 2.22. The molecule has 0 aliphatic heterocycles. The molecule has 0 fully saturated rings. The molecule has 0 aliphatic rings. The number of nitrogens with one attached hydrogen (secondary N) is 2. The van der Waals surface area contributed by atoms with Gasteiger partial charge in [-0.15, -0.1) is 11.3 Å². The Morgan fingerprint density at radius 3 is 3.00 bits per heavy atom. The molecular weight excluding hydrogens is 260 g/mol. The number of hydrogen-bond acceptors (Lipinski definition) is 6. The van der Waals surface area contributed by atoms with E-state index in [1.807, 2.05) is 0 Å². The summed E-state index contributed by atoms with van der Waals surface area (Å²) >= 11 is 1.13. The van der Waals surface area contributed by atoms with Gasteiger partial charge in [-0.05, 0) is 11.4 Å². The van der Waals surface area contributed by atoms with Crippen molar-refractivity contribution in [3.63, 3.8) is 0 Å². The van der Waals surface area contributed by atoms with Gasteiger partial charge in [-0.25, -0.2) is 9.59 Å². The molecule has 3 N–H and O–H groups in total. The molecule has 0 radical (unpaired) electrons. The summed E-state index contributed by atoms with van der Waals surface area (Å²) in [5.41, 5.74) is 0.0507. The van der Waals surface area contributed by atoms with E-state index in [4.69, 9.17) is 5.11 Å². The number of urea groups is 1. The molecule has 2 rings (SSSR count). The first-order chi connectivity index (χ1) is 8.66. The van der Waals surface area contributed by atoms with Gasteiger partial charge in [0, 0.05) is 0 Å². The van der Waals surface area contributed by atoms with E-state index in [1.165, 1.54) is 6.07 Å². The Balaban J connectivity index is 1.91. The lowest BCUT2D eigenvalue weighted by Gasteiger charge is -2.04. The quantitative estimate of drug-likeness (QED) is 0.765. The van der Waals surface area contributed by atoms with Crippen molar-refractivity contribution in [2.45, 2.75) is 6.54 Å². The minimum Gasteiger partial charge on any atom is -0.478 e. The number of nitrogens with zero attached hydrogens (tertiary/aromatic N) is 2. The number of anilines is 1. The maximum Gasteiger partial charge on any atom is 0.338 e. The summed E-state index contributed by atoms with van der Waals surface area (Å²) in [5.74, 6) is -0.764. The summed E-state index contributed by atoms with van der Waals surface area (Å²) in [6.07, 6.45) is 1.15. The summed E-state index contributed by atoms with van der Waals surface area (Å²) in [5, 5.41) is 19.1. The summed E-state index contributed by atoms with van der Waals surface area (Å²) in [7, 11) is 0. The summed E-state index contributed by atoms with van der Waals surface area (Å²) in [6.45, 7) is 0.0934. The number of aromatic nitrogens is 2. The van der Waals surface area contributed by atoms with Gasteiger partial charge >= 0.3 is 12.0 Å². The average molecular weight is 268 g/mol. The van der Waals surface area contributed by atoms with Crippen LogP contribution in [0.3, 0.4) is 0 Å². The van der Waals surface area contributed by atoms with Crippen molar-refractivity contribution in [3.05, 3.63) is 29.2 Å². The minimum atomic E-state index is -1.09.